The molecule has 1 amide bonds. The summed E-state index contributed by atoms with van der Waals surface area (Å²) in [6, 6.07) is 11.6. The van der Waals surface area contributed by atoms with E-state index in [0.717, 1.165) is 23.9 Å². The molecule has 0 fully saturated rings. The van der Waals surface area contributed by atoms with Crippen LogP contribution in [0.2, 0.25) is 11.1 Å². The summed E-state index contributed by atoms with van der Waals surface area (Å²) in [6.07, 6.45) is 1.19. The van der Waals surface area contributed by atoms with Crippen LogP contribution in [0.4, 0.5) is 4.79 Å². The molecule has 0 saturated heterocycles. The Hall–Kier alpha value is -2.70. The second kappa shape index (κ2) is 16.7. The van der Waals surface area contributed by atoms with E-state index in [1.54, 1.807) is 18.2 Å². The number of alkyl carbamates (subject to hydrolysis) is 1. The number of nitrogens with zero attached hydrogens (tertiary/aromatic N) is 3. The van der Waals surface area contributed by atoms with Crippen LogP contribution in [0.1, 0.15) is 66.9 Å². The molecule has 0 aliphatic carbocycles. The molecule has 228 valence electrons. The first-order chi connectivity index (χ1) is 19.5. The van der Waals surface area contributed by atoms with E-state index < -0.39 is 8.80 Å². The minimum absolute atomic E-state index is 0.157. The van der Waals surface area contributed by atoms with Gasteiger partial charge in [-0.3, -0.25) is 0 Å². The van der Waals surface area contributed by atoms with Gasteiger partial charge in [-0.1, -0.05) is 51.4 Å². The summed E-state index contributed by atoms with van der Waals surface area (Å²) in [5.41, 5.74) is 2.70. The molecule has 0 aliphatic rings. The first-order valence-electron chi connectivity index (χ1n) is 14.2. The van der Waals surface area contributed by atoms with E-state index in [9.17, 15) is 9.90 Å². The lowest BCUT2D eigenvalue weighted by Gasteiger charge is -2.28. The van der Waals surface area contributed by atoms with Crippen LogP contribution < -0.4 is 5.32 Å². The molecule has 1 aromatic heterocycles. The second-order valence-electron chi connectivity index (χ2n) is 10.2. The largest absolute Gasteiger partial charge is 0.505 e. The Kier molecular flexibility index (Phi) is 14.0. The van der Waals surface area contributed by atoms with Crippen molar-refractivity contribution in [3.8, 4) is 11.4 Å². The quantitative estimate of drug-likeness (QED) is 0.164. The number of phenols is 1. The lowest BCUT2D eigenvalue weighted by Crippen LogP contribution is -2.46. The molecule has 2 N–H and O–H groups in total. The maximum atomic E-state index is 11.3. The van der Waals surface area contributed by atoms with E-state index in [1.807, 2.05) is 45.9 Å². The van der Waals surface area contributed by atoms with Gasteiger partial charge in [0.1, 0.15) is 22.5 Å². The first-order valence-corrected chi connectivity index (χ1v) is 16.5. The number of hydrogen-bond donors (Lipinski definition) is 2. The Balaban J connectivity index is 0.000000288. The Labute approximate surface area is 249 Å². The van der Waals surface area contributed by atoms with E-state index in [-0.39, 0.29) is 17.3 Å². The predicted octanol–water partition coefficient (Wildman–Crippen LogP) is 6.64. The average Bonchev–Trinajstić information content (AvgIpc) is 3.33. The molecule has 1 heterocycles. The van der Waals surface area contributed by atoms with E-state index in [0.29, 0.717) is 55.2 Å². The zero-order chi connectivity index (χ0) is 30.5. The van der Waals surface area contributed by atoms with Crippen molar-refractivity contribution in [2.75, 3.05) is 33.0 Å². The lowest BCUT2D eigenvalue weighted by molar-refractivity contribution is 0.0706. The highest BCUT2D eigenvalue weighted by atomic mass is 35.5. The van der Waals surface area contributed by atoms with Crippen LogP contribution in [0.5, 0.6) is 5.75 Å². The summed E-state index contributed by atoms with van der Waals surface area (Å²) in [5, 5.41) is 22.6. The van der Waals surface area contributed by atoms with Crippen molar-refractivity contribution >= 4 is 37.5 Å². The fourth-order valence-electron chi connectivity index (χ4n) is 4.04. The van der Waals surface area contributed by atoms with Crippen molar-refractivity contribution in [1.82, 2.24) is 20.3 Å². The van der Waals surface area contributed by atoms with Crippen molar-refractivity contribution < 1.29 is 27.9 Å². The third kappa shape index (κ3) is 10.6. The summed E-state index contributed by atoms with van der Waals surface area (Å²) in [6.45, 7) is 16.6. The van der Waals surface area contributed by atoms with Crippen LogP contribution in [0.15, 0.2) is 36.4 Å². The van der Waals surface area contributed by atoms with Gasteiger partial charge in [0.2, 0.25) is 0 Å². The van der Waals surface area contributed by atoms with Crippen LogP contribution >= 0.6 is 11.6 Å². The molecule has 0 unspecified atom stereocenters. The normalized spacial score (nSPS) is 11.7. The number of amides is 1. The number of benzene rings is 2. The Morgan fingerprint density at radius 1 is 1.00 bits per heavy atom. The zero-order valence-electron chi connectivity index (χ0n) is 25.3. The molecular formula is C29H45ClN4O6Si. The van der Waals surface area contributed by atoms with Crippen LogP contribution in [-0.2, 0) is 23.4 Å². The molecule has 10 nitrogen and oxygen atoms in total. The van der Waals surface area contributed by atoms with Gasteiger partial charge in [0.15, 0.2) is 0 Å². The molecule has 0 aliphatic heterocycles. The highest BCUT2D eigenvalue weighted by Gasteiger charge is 2.39. The van der Waals surface area contributed by atoms with E-state index in [2.05, 4.69) is 36.3 Å². The Bertz CT molecular complexity index is 1220. The monoisotopic (exact) mass is 608 g/mol. The minimum Gasteiger partial charge on any atom is -0.505 e. The molecule has 2 aromatic carbocycles. The number of aromatic hydroxyl groups is 1. The third-order valence-electron chi connectivity index (χ3n) is 5.84. The van der Waals surface area contributed by atoms with Crippen molar-refractivity contribution in [3.63, 3.8) is 0 Å². The third-order valence-corrected chi connectivity index (χ3v) is 9.23. The standard InChI is InChI=1S/C16H16ClN3O.C13H29NO5Si/c1-16(2,3)11-5-4-6-14(15(11)21)20-18-12-8-7-10(17)9-13(12)19-20;1-5-11-16-13(15)14-10-9-12-20(17-6-2,18-7-3)19-8-4/h4-9,21H,1-3H3;5-12H2,1-4H3,(H,14,15). The van der Waals surface area contributed by atoms with Crippen LogP contribution in [-0.4, -0.2) is 68.0 Å². The second-order valence-corrected chi connectivity index (χ2v) is 13.4. The van der Waals surface area contributed by atoms with Crippen molar-refractivity contribution in [3.05, 3.63) is 47.0 Å². The lowest BCUT2D eigenvalue weighted by atomic mass is 9.86. The number of hydrogen-bond acceptors (Lipinski definition) is 8. The topological polar surface area (TPSA) is 117 Å². The van der Waals surface area contributed by atoms with Gasteiger partial charge in [0.05, 0.1) is 6.61 Å². The van der Waals surface area contributed by atoms with Gasteiger partial charge in [-0.05, 0) is 63.3 Å². The summed E-state index contributed by atoms with van der Waals surface area (Å²) >= 11 is 5.96. The van der Waals surface area contributed by atoms with Crippen LogP contribution in [0.3, 0.4) is 0 Å². The van der Waals surface area contributed by atoms with Crippen LogP contribution in [0, 0.1) is 0 Å². The van der Waals surface area contributed by atoms with Gasteiger partial charge in [-0.15, -0.1) is 15.0 Å². The van der Waals surface area contributed by atoms with Gasteiger partial charge in [0, 0.05) is 43.0 Å². The first kappa shape index (κ1) is 34.5. The number of ether oxygens (including phenoxy) is 1. The fourth-order valence-corrected chi connectivity index (χ4v) is 6.81. The molecule has 0 atom stereocenters. The van der Waals surface area contributed by atoms with Gasteiger partial charge < -0.3 is 28.4 Å². The van der Waals surface area contributed by atoms with Crippen molar-refractivity contribution in [2.24, 2.45) is 0 Å². The SMILES string of the molecule is CC(C)(C)c1cccc(-n2nc3ccc(Cl)cc3n2)c1O.CCCOC(=O)NCCC[Si](OCC)(OCC)OCC. The van der Waals surface area contributed by atoms with Crippen molar-refractivity contribution in [1.29, 1.82) is 0 Å². The zero-order valence-corrected chi connectivity index (χ0v) is 27.1. The maximum Gasteiger partial charge on any atom is 0.500 e. The molecular weight excluding hydrogens is 564 g/mol. The molecule has 12 heteroatoms. The minimum atomic E-state index is -2.59. The highest BCUT2D eigenvalue weighted by Crippen LogP contribution is 2.34. The summed E-state index contributed by atoms with van der Waals surface area (Å²) in [7, 11) is -2.59. The predicted molar refractivity (Wildman–Crippen MR) is 164 cm³/mol. The highest BCUT2D eigenvalue weighted by molar-refractivity contribution is 6.60. The van der Waals surface area contributed by atoms with E-state index in [4.69, 9.17) is 29.6 Å². The summed E-state index contributed by atoms with van der Waals surface area (Å²) in [5.74, 6) is 0.205. The summed E-state index contributed by atoms with van der Waals surface area (Å²) < 4.78 is 22.1. The summed E-state index contributed by atoms with van der Waals surface area (Å²) in [4.78, 5) is 12.7. The fraction of sp³-hybridized carbons (Fsp3) is 0.552. The van der Waals surface area contributed by atoms with Crippen molar-refractivity contribution in [2.45, 2.75) is 72.8 Å². The van der Waals surface area contributed by atoms with Gasteiger partial charge in [-0.2, -0.15) is 0 Å². The molecule has 3 rings (SSSR count). The molecule has 0 saturated carbocycles. The number of aromatic nitrogens is 3. The molecule has 0 radical (unpaired) electrons. The number of rotatable bonds is 13. The van der Waals surface area contributed by atoms with E-state index in [1.165, 1.54) is 4.80 Å². The number of halogens is 1. The Morgan fingerprint density at radius 2 is 1.63 bits per heavy atom. The van der Waals surface area contributed by atoms with Gasteiger partial charge in [-0.25, -0.2) is 4.79 Å². The average molecular weight is 609 g/mol. The Morgan fingerprint density at radius 3 is 2.22 bits per heavy atom. The number of carbonyl (C=O) groups excluding carboxylic acids is 1. The molecule has 0 bridgehead atoms. The number of phenolic OH excluding ortho intramolecular Hbond substituents is 1. The molecule has 41 heavy (non-hydrogen) atoms. The number of fused-ring (bicyclic) bond motifs is 1. The molecule has 0 spiro atoms. The van der Waals surface area contributed by atoms with Gasteiger partial charge >= 0.3 is 14.9 Å². The van der Waals surface area contributed by atoms with Crippen LogP contribution in [0.25, 0.3) is 16.7 Å². The number of carbonyl (C=O) groups is 1. The number of nitrogens with one attached hydrogen (secondary N) is 1. The van der Waals surface area contributed by atoms with E-state index >= 15 is 0 Å². The number of para-hydroxylation sites is 1. The maximum absolute atomic E-state index is 11.3. The smallest absolute Gasteiger partial charge is 0.500 e. The molecule has 3 aromatic rings. The van der Waals surface area contributed by atoms with Gasteiger partial charge in [0.25, 0.3) is 0 Å².